The molecule has 0 saturated carbocycles. The van der Waals surface area contributed by atoms with Gasteiger partial charge in [0.05, 0.1) is 4.92 Å². The zero-order valence-corrected chi connectivity index (χ0v) is 15.8. The molecule has 8 nitrogen and oxygen atoms in total. The van der Waals surface area contributed by atoms with Crippen LogP contribution in [0, 0.1) is 10.1 Å². The lowest BCUT2D eigenvalue weighted by molar-refractivity contribution is -0.386. The number of carbonyl (C=O) groups is 2. The van der Waals surface area contributed by atoms with E-state index in [1.54, 1.807) is 30.3 Å². The first-order chi connectivity index (χ1) is 13.4. The maximum absolute atomic E-state index is 12.3. The van der Waals surface area contributed by atoms with E-state index in [9.17, 15) is 19.7 Å². The number of nitrogens with zero attached hydrogens (tertiary/aromatic N) is 1. The highest BCUT2D eigenvalue weighted by Gasteiger charge is 2.20. The number of para-hydroxylation sites is 2. The van der Waals surface area contributed by atoms with Gasteiger partial charge in [-0.25, -0.2) is 0 Å². The Morgan fingerprint density at radius 2 is 1.82 bits per heavy atom. The number of hydrogen-bond acceptors (Lipinski definition) is 5. The van der Waals surface area contributed by atoms with Gasteiger partial charge in [0, 0.05) is 23.9 Å². The molecule has 0 heterocycles. The minimum Gasteiger partial charge on any atom is -0.474 e. The number of hydrogen-bond donors (Lipinski definition) is 2. The monoisotopic (exact) mass is 385 g/mol. The highest BCUT2D eigenvalue weighted by atomic mass is 16.6. The molecular weight excluding hydrogens is 362 g/mol. The van der Waals surface area contributed by atoms with Crippen molar-refractivity contribution in [3.63, 3.8) is 0 Å². The van der Waals surface area contributed by atoms with Crippen LogP contribution in [0.3, 0.4) is 0 Å². The summed E-state index contributed by atoms with van der Waals surface area (Å²) in [6, 6.07) is 12.3. The molecule has 1 unspecified atom stereocenters. The number of benzene rings is 2. The SMILES string of the molecule is CCCCNC(=O)c1ccc(NC(=O)C(C)Oc2ccccc2[N+](=O)[O-])cc1. The molecule has 2 N–H and O–H groups in total. The first-order valence-corrected chi connectivity index (χ1v) is 9.01. The largest absolute Gasteiger partial charge is 0.474 e. The van der Waals surface area contributed by atoms with Crippen molar-refractivity contribution in [3.8, 4) is 5.75 Å². The van der Waals surface area contributed by atoms with Gasteiger partial charge in [-0.15, -0.1) is 0 Å². The van der Waals surface area contributed by atoms with Crippen LogP contribution in [0.4, 0.5) is 11.4 Å². The molecule has 0 aliphatic carbocycles. The molecule has 2 rings (SSSR count). The molecule has 2 amide bonds. The zero-order valence-electron chi connectivity index (χ0n) is 15.8. The highest BCUT2D eigenvalue weighted by molar-refractivity contribution is 5.96. The Kier molecular flexibility index (Phi) is 7.50. The Labute approximate surface area is 163 Å². The number of nitro groups is 1. The Hall–Kier alpha value is -3.42. The number of ether oxygens (including phenoxy) is 1. The number of unbranched alkanes of at least 4 members (excludes halogenated alkanes) is 1. The normalized spacial score (nSPS) is 11.4. The first-order valence-electron chi connectivity index (χ1n) is 9.01. The fraction of sp³-hybridized carbons (Fsp3) is 0.300. The van der Waals surface area contributed by atoms with Gasteiger partial charge < -0.3 is 15.4 Å². The minimum absolute atomic E-state index is 0.0225. The second-order valence-electron chi connectivity index (χ2n) is 6.16. The van der Waals surface area contributed by atoms with Gasteiger partial charge in [0.2, 0.25) is 0 Å². The fourth-order valence-electron chi connectivity index (χ4n) is 2.38. The lowest BCUT2D eigenvalue weighted by atomic mass is 10.2. The second-order valence-corrected chi connectivity index (χ2v) is 6.16. The van der Waals surface area contributed by atoms with Crippen molar-refractivity contribution in [1.29, 1.82) is 0 Å². The smallest absolute Gasteiger partial charge is 0.310 e. The third-order valence-corrected chi connectivity index (χ3v) is 3.97. The quantitative estimate of drug-likeness (QED) is 0.390. The Morgan fingerprint density at radius 3 is 2.46 bits per heavy atom. The molecule has 0 saturated heterocycles. The van der Waals surface area contributed by atoms with E-state index in [1.165, 1.54) is 25.1 Å². The topological polar surface area (TPSA) is 111 Å². The average molecular weight is 385 g/mol. The third-order valence-electron chi connectivity index (χ3n) is 3.97. The standard InChI is InChI=1S/C20H23N3O5/c1-3-4-13-21-20(25)15-9-11-16(12-10-15)22-19(24)14(2)28-18-8-6-5-7-17(18)23(26)27/h5-12,14H,3-4,13H2,1-2H3,(H,21,25)(H,22,24). The number of amides is 2. The van der Waals surface area contributed by atoms with E-state index >= 15 is 0 Å². The summed E-state index contributed by atoms with van der Waals surface area (Å²) in [5, 5.41) is 16.5. The fourth-order valence-corrected chi connectivity index (χ4v) is 2.38. The number of nitrogens with one attached hydrogen (secondary N) is 2. The van der Waals surface area contributed by atoms with Gasteiger partial charge in [0.1, 0.15) is 0 Å². The molecular formula is C20H23N3O5. The molecule has 8 heteroatoms. The van der Waals surface area contributed by atoms with E-state index in [2.05, 4.69) is 10.6 Å². The van der Waals surface area contributed by atoms with E-state index in [0.29, 0.717) is 17.8 Å². The maximum Gasteiger partial charge on any atom is 0.310 e. The molecule has 0 aromatic heterocycles. The molecule has 0 aliphatic rings. The van der Waals surface area contributed by atoms with Crippen molar-refractivity contribution in [2.45, 2.75) is 32.8 Å². The highest BCUT2D eigenvalue weighted by Crippen LogP contribution is 2.27. The Morgan fingerprint density at radius 1 is 1.14 bits per heavy atom. The van der Waals surface area contributed by atoms with Crippen molar-refractivity contribution in [3.05, 3.63) is 64.2 Å². The van der Waals surface area contributed by atoms with Crippen LogP contribution in [-0.2, 0) is 4.79 Å². The van der Waals surface area contributed by atoms with Gasteiger partial charge in [0.25, 0.3) is 11.8 Å². The van der Waals surface area contributed by atoms with Gasteiger partial charge in [-0.1, -0.05) is 25.5 Å². The summed E-state index contributed by atoms with van der Waals surface area (Å²) in [4.78, 5) is 34.7. The lowest BCUT2D eigenvalue weighted by Crippen LogP contribution is -2.30. The second kappa shape index (κ2) is 10.1. The van der Waals surface area contributed by atoms with Crippen molar-refractivity contribution < 1.29 is 19.2 Å². The van der Waals surface area contributed by atoms with Gasteiger partial charge in [0.15, 0.2) is 11.9 Å². The summed E-state index contributed by atoms with van der Waals surface area (Å²) in [7, 11) is 0. The number of rotatable bonds is 9. The minimum atomic E-state index is -0.946. The summed E-state index contributed by atoms with van der Waals surface area (Å²) >= 11 is 0. The Bertz CT molecular complexity index is 836. The zero-order chi connectivity index (χ0) is 20.5. The molecule has 0 spiro atoms. The van der Waals surface area contributed by atoms with Gasteiger partial charge in [-0.3, -0.25) is 19.7 Å². The van der Waals surface area contributed by atoms with Crippen LogP contribution in [0.2, 0.25) is 0 Å². The third kappa shape index (κ3) is 5.80. The van der Waals surface area contributed by atoms with Crippen LogP contribution in [-0.4, -0.2) is 29.4 Å². The van der Waals surface area contributed by atoms with E-state index in [4.69, 9.17) is 4.74 Å². The van der Waals surface area contributed by atoms with E-state index in [0.717, 1.165) is 12.8 Å². The van der Waals surface area contributed by atoms with E-state index in [-0.39, 0.29) is 17.3 Å². The summed E-state index contributed by atoms with van der Waals surface area (Å²) in [5.41, 5.74) is 0.784. The molecule has 0 bridgehead atoms. The maximum atomic E-state index is 12.3. The number of nitro benzene ring substituents is 1. The van der Waals surface area contributed by atoms with Crippen LogP contribution >= 0.6 is 0 Å². The number of carbonyl (C=O) groups excluding carboxylic acids is 2. The number of anilines is 1. The first kappa shape index (κ1) is 20.9. The van der Waals surface area contributed by atoms with Crippen LogP contribution in [0.15, 0.2) is 48.5 Å². The van der Waals surface area contributed by atoms with Crippen molar-refractivity contribution in [2.24, 2.45) is 0 Å². The van der Waals surface area contributed by atoms with Gasteiger partial charge in [-0.05, 0) is 43.7 Å². The summed E-state index contributed by atoms with van der Waals surface area (Å²) < 4.78 is 5.44. The molecule has 0 radical (unpaired) electrons. The molecule has 0 fully saturated rings. The Balaban J connectivity index is 1.95. The predicted molar refractivity (Wildman–Crippen MR) is 105 cm³/mol. The summed E-state index contributed by atoms with van der Waals surface area (Å²) in [5.74, 6) is -0.605. The van der Waals surface area contributed by atoms with Crippen LogP contribution < -0.4 is 15.4 Å². The van der Waals surface area contributed by atoms with Crippen molar-refractivity contribution in [2.75, 3.05) is 11.9 Å². The van der Waals surface area contributed by atoms with Gasteiger partial charge in [-0.2, -0.15) is 0 Å². The molecule has 2 aromatic carbocycles. The predicted octanol–water partition coefficient (Wildman–Crippen LogP) is 3.53. The van der Waals surface area contributed by atoms with Crippen LogP contribution in [0.25, 0.3) is 0 Å². The van der Waals surface area contributed by atoms with Crippen LogP contribution in [0.5, 0.6) is 5.75 Å². The lowest BCUT2D eigenvalue weighted by Gasteiger charge is -2.15. The van der Waals surface area contributed by atoms with Gasteiger partial charge >= 0.3 is 5.69 Å². The molecule has 148 valence electrons. The van der Waals surface area contributed by atoms with E-state index in [1.807, 2.05) is 6.92 Å². The molecule has 28 heavy (non-hydrogen) atoms. The molecule has 1 atom stereocenters. The molecule has 2 aromatic rings. The van der Waals surface area contributed by atoms with Crippen molar-refractivity contribution in [1.82, 2.24) is 5.32 Å². The van der Waals surface area contributed by atoms with Crippen LogP contribution in [0.1, 0.15) is 37.0 Å². The molecule has 0 aliphatic heterocycles. The summed E-state index contributed by atoms with van der Waals surface area (Å²) in [6.45, 7) is 4.17. The van der Waals surface area contributed by atoms with E-state index < -0.39 is 16.9 Å². The average Bonchev–Trinajstić information content (AvgIpc) is 2.68. The summed E-state index contributed by atoms with van der Waals surface area (Å²) in [6.07, 6.45) is 0.966. The van der Waals surface area contributed by atoms with Crippen molar-refractivity contribution >= 4 is 23.2 Å².